The van der Waals surface area contributed by atoms with Crippen LogP contribution in [-0.4, -0.2) is 10.9 Å². The fraction of sp³-hybridized carbons (Fsp3) is 0.200. The molecule has 1 aromatic heterocycles. The van der Waals surface area contributed by atoms with Gasteiger partial charge in [0.15, 0.2) is 0 Å². The van der Waals surface area contributed by atoms with Crippen LogP contribution in [-0.2, 0) is 0 Å². The van der Waals surface area contributed by atoms with E-state index in [4.69, 9.17) is 0 Å². The van der Waals surface area contributed by atoms with E-state index < -0.39 is 0 Å². The van der Waals surface area contributed by atoms with E-state index in [1.807, 2.05) is 45.0 Å². The van der Waals surface area contributed by atoms with Crippen LogP contribution >= 0.6 is 15.9 Å². The van der Waals surface area contributed by atoms with E-state index in [0.29, 0.717) is 11.4 Å². The summed E-state index contributed by atoms with van der Waals surface area (Å²) in [6.07, 6.45) is 1.67. The van der Waals surface area contributed by atoms with Crippen LogP contribution in [0.15, 0.2) is 34.9 Å². The average Bonchev–Trinajstić information content (AvgIpc) is 2.32. The highest BCUT2D eigenvalue weighted by atomic mass is 79.9. The van der Waals surface area contributed by atoms with Gasteiger partial charge < -0.3 is 5.32 Å². The number of anilines is 1. The van der Waals surface area contributed by atoms with Gasteiger partial charge in [-0.3, -0.25) is 4.79 Å². The molecule has 1 heterocycles. The van der Waals surface area contributed by atoms with Crippen LogP contribution in [0, 0.1) is 20.8 Å². The van der Waals surface area contributed by atoms with Gasteiger partial charge in [-0.1, -0.05) is 18.2 Å². The number of aryl methyl sites for hydroxylation is 3. The molecule has 1 N–H and O–H groups in total. The molecule has 0 atom stereocenters. The van der Waals surface area contributed by atoms with Gasteiger partial charge in [-0.15, -0.1) is 0 Å². The number of halogens is 1. The maximum atomic E-state index is 12.3. The van der Waals surface area contributed by atoms with Crippen molar-refractivity contribution in [3.8, 4) is 0 Å². The number of amides is 1. The van der Waals surface area contributed by atoms with E-state index in [1.54, 1.807) is 6.20 Å². The number of carbonyl (C=O) groups excluding carboxylic acids is 1. The van der Waals surface area contributed by atoms with Crippen molar-refractivity contribution < 1.29 is 4.79 Å². The Labute approximate surface area is 121 Å². The molecule has 4 heteroatoms. The maximum Gasteiger partial charge on any atom is 0.257 e. The topological polar surface area (TPSA) is 42.0 Å². The van der Waals surface area contributed by atoms with Crippen molar-refractivity contribution in [2.75, 3.05) is 5.32 Å². The summed E-state index contributed by atoms with van der Waals surface area (Å²) in [6, 6.07) is 7.74. The van der Waals surface area contributed by atoms with Crippen molar-refractivity contribution >= 4 is 27.7 Å². The number of hydrogen-bond donors (Lipinski definition) is 1. The molecule has 0 saturated heterocycles. The lowest BCUT2D eigenvalue weighted by molar-refractivity contribution is 0.102. The minimum atomic E-state index is -0.117. The molecule has 0 spiro atoms. The largest absolute Gasteiger partial charge is 0.306 e. The summed E-state index contributed by atoms with van der Waals surface area (Å²) in [5, 5.41) is 2.86. The number of nitrogens with one attached hydrogen (secondary N) is 1. The molecule has 0 aliphatic heterocycles. The minimum Gasteiger partial charge on any atom is -0.306 e. The second-order valence-corrected chi connectivity index (χ2v) is 5.46. The Balaban J connectivity index is 2.31. The second-order valence-electron chi connectivity index (χ2n) is 4.54. The molecule has 0 aliphatic rings. The lowest BCUT2D eigenvalue weighted by Crippen LogP contribution is -2.16. The number of aromatic nitrogens is 1. The number of rotatable bonds is 2. The summed E-state index contributed by atoms with van der Waals surface area (Å²) in [6.45, 7) is 5.78. The van der Waals surface area contributed by atoms with Crippen molar-refractivity contribution in [2.45, 2.75) is 20.8 Å². The summed E-state index contributed by atoms with van der Waals surface area (Å²) < 4.78 is 0.898. The van der Waals surface area contributed by atoms with Gasteiger partial charge in [-0.05, 0) is 59.5 Å². The van der Waals surface area contributed by atoms with E-state index in [9.17, 15) is 4.79 Å². The first-order valence-corrected chi connectivity index (χ1v) is 6.78. The Morgan fingerprint density at radius 2 is 1.79 bits per heavy atom. The highest BCUT2D eigenvalue weighted by Gasteiger charge is 2.13. The molecule has 0 saturated carbocycles. The maximum absolute atomic E-state index is 12.3. The highest BCUT2D eigenvalue weighted by Crippen LogP contribution is 2.19. The van der Waals surface area contributed by atoms with E-state index in [2.05, 4.69) is 26.2 Å². The number of pyridine rings is 1. The van der Waals surface area contributed by atoms with Crippen molar-refractivity contribution in [1.82, 2.24) is 4.98 Å². The van der Waals surface area contributed by atoms with E-state index >= 15 is 0 Å². The van der Waals surface area contributed by atoms with E-state index in [0.717, 1.165) is 21.2 Å². The number of carbonyl (C=O) groups is 1. The molecular weight excluding hydrogens is 304 g/mol. The summed E-state index contributed by atoms with van der Waals surface area (Å²) in [5.74, 6) is 0.476. The summed E-state index contributed by atoms with van der Waals surface area (Å²) >= 11 is 3.36. The summed E-state index contributed by atoms with van der Waals surface area (Å²) in [7, 11) is 0. The summed E-state index contributed by atoms with van der Waals surface area (Å²) in [4.78, 5) is 16.6. The molecular formula is C15H15BrN2O. The molecule has 2 aromatic rings. The van der Waals surface area contributed by atoms with Gasteiger partial charge in [-0.2, -0.15) is 0 Å². The van der Waals surface area contributed by atoms with E-state index in [-0.39, 0.29) is 5.91 Å². The fourth-order valence-electron chi connectivity index (χ4n) is 2.01. The average molecular weight is 319 g/mol. The Bertz CT molecular complexity index is 618. The third kappa shape index (κ3) is 3.01. The van der Waals surface area contributed by atoms with Crippen LogP contribution in [0.25, 0.3) is 0 Å². The van der Waals surface area contributed by atoms with Gasteiger partial charge in [0.2, 0.25) is 0 Å². The molecule has 19 heavy (non-hydrogen) atoms. The first kappa shape index (κ1) is 13.7. The standard InChI is InChI=1S/C15H15BrN2O/c1-9-5-4-6-10(2)13(9)15(19)18-14-11(3)7-12(16)8-17-14/h4-8H,1-3H3,(H,17,18,19). The Hall–Kier alpha value is -1.68. The third-order valence-corrected chi connectivity index (χ3v) is 3.42. The van der Waals surface area contributed by atoms with Crippen LogP contribution in [0.3, 0.4) is 0 Å². The fourth-order valence-corrected chi connectivity index (χ4v) is 2.46. The zero-order valence-electron chi connectivity index (χ0n) is 11.1. The Morgan fingerprint density at radius 1 is 1.16 bits per heavy atom. The Morgan fingerprint density at radius 3 is 2.37 bits per heavy atom. The molecule has 0 radical (unpaired) electrons. The van der Waals surface area contributed by atoms with Crippen molar-refractivity contribution in [1.29, 1.82) is 0 Å². The Kier molecular flexibility index (Phi) is 4.00. The number of nitrogens with zero attached hydrogens (tertiary/aromatic N) is 1. The van der Waals surface area contributed by atoms with Gasteiger partial charge in [0, 0.05) is 16.2 Å². The monoisotopic (exact) mass is 318 g/mol. The van der Waals surface area contributed by atoms with Crippen LogP contribution < -0.4 is 5.32 Å². The van der Waals surface area contributed by atoms with Gasteiger partial charge in [0.25, 0.3) is 5.91 Å². The molecule has 0 fully saturated rings. The molecule has 3 nitrogen and oxygen atoms in total. The normalized spacial score (nSPS) is 10.3. The molecule has 0 unspecified atom stereocenters. The van der Waals surface area contributed by atoms with Crippen LogP contribution in [0.4, 0.5) is 5.82 Å². The van der Waals surface area contributed by atoms with E-state index in [1.165, 1.54) is 0 Å². The predicted octanol–water partition coefficient (Wildman–Crippen LogP) is 4.02. The SMILES string of the molecule is Cc1cc(Br)cnc1NC(=O)c1c(C)cccc1C. The molecule has 0 bridgehead atoms. The smallest absolute Gasteiger partial charge is 0.257 e. The first-order valence-electron chi connectivity index (χ1n) is 5.98. The first-order chi connectivity index (χ1) is 8.99. The van der Waals surface area contributed by atoms with Gasteiger partial charge in [0.05, 0.1) is 0 Å². The zero-order chi connectivity index (χ0) is 14.0. The third-order valence-electron chi connectivity index (χ3n) is 2.99. The molecule has 0 aliphatic carbocycles. The second kappa shape index (κ2) is 5.53. The van der Waals surface area contributed by atoms with Crippen molar-refractivity contribution in [2.24, 2.45) is 0 Å². The molecule has 1 aromatic carbocycles. The summed E-state index contributed by atoms with van der Waals surface area (Å²) in [5.41, 5.74) is 3.57. The number of benzene rings is 1. The molecule has 1 amide bonds. The van der Waals surface area contributed by atoms with Gasteiger partial charge >= 0.3 is 0 Å². The van der Waals surface area contributed by atoms with Crippen molar-refractivity contribution in [3.63, 3.8) is 0 Å². The lowest BCUT2D eigenvalue weighted by Gasteiger charge is -2.11. The molecule has 2 rings (SSSR count). The van der Waals surface area contributed by atoms with Gasteiger partial charge in [-0.25, -0.2) is 4.98 Å². The predicted molar refractivity (Wildman–Crippen MR) is 80.5 cm³/mol. The zero-order valence-corrected chi connectivity index (χ0v) is 12.7. The van der Waals surface area contributed by atoms with Crippen LogP contribution in [0.2, 0.25) is 0 Å². The lowest BCUT2D eigenvalue weighted by atomic mass is 10.0. The minimum absolute atomic E-state index is 0.117. The highest BCUT2D eigenvalue weighted by molar-refractivity contribution is 9.10. The quantitative estimate of drug-likeness (QED) is 0.908. The number of hydrogen-bond acceptors (Lipinski definition) is 2. The molecule has 98 valence electrons. The van der Waals surface area contributed by atoms with Crippen LogP contribution in [0.5, 0.6) is 0 Å². The van der Waals surface area contributed by atoms with Gasteiger partial charge in [0.1, 0.15) is 5.82 Å². The van der Waals surface area contributed by atoms with Crippen LogP contribution in [0.1, 0.15) is 27.0 Å². The van der Waals surface area contributed by atoms with Crippen molar-refractivity contribution in [3.05, 3.63) is 57.2 Å².